The number of aliphatic carboxylic acids is 1. The molecule has 0 saturated heterocycles. The number of methoxy groups -OCH3 is 1. The smallest absolute Gasteiger partial charge is 0.331 e. The monoisotopic (exact) mass is 266 g/mol. The lowest BCUT2D eigenvalue weighted by molar-refractivity contribution is -0.133. The molecular weight excluding hydrogens is 240 g/mol. The topological polar surface area (TPSA) is 46.5 Å². The van der Waals surface area contributed by atoms with Gasteiger partial charge in [0, 0.05) is 12.7 Å². The molecule has 0 heterocycles. The van der Waals surface area contributed by atoms with Crippen molar-refractivity contribution in [3.05, 3.63) is 23.3 Å². The molecule has 1 N–H and O–H groups in total. The largest absolute Gasteiger partial charge is 0.478 e. The summed E-state index contributed by atoms with van der Waals surface area (Å²) in [4.78, 5) is 10.9. The lowest BCUT2D eigenvalue weighted by Gasteiger charge is -2.38. The van der Waals surface area contributed by atoms with Crippen molar-refractivity contribution in [2.24, 2.45) is 5.92 Å². The Morgan fingerprint density at radius 2 is 2.26 bits per heavy atom. The van der Waals surface area contributed by atoms with Gasteiger partial charge >= 0.3 is 5.97 Å². The maximum Gasteiger partial charge on any atom is 0.331 e. The molecule has 0 aromatic carbocycles. The third kappa shape index (κ3) is 4.50. The summed E-state index contributed by atoms with van der Waals surface area (Å²) in [6, 6.07) is 0. The molecule has 0 aromatic heterocycles. The first kappa shape index (κ1) is 16.0. The van der Waals surface area contributed by atoms with E-state index in [2.05, 4.69) is 26.8 Å². The molecule has 0 aliphatic heterocycles. The van der Waals surface area contributed by atoms with Gasteiger partial charge in [-0.15, -0.1) is 0 Å². The van der Waals surface area contributed by atoms with Crippen molar-refractivity contribution in [3.8, 4) is 0 Å². The first-order chi connectivity index (χ1) is 8.89. The Bertz CT molecular complexity index is 377. The van der Waals surface area contributed by atoms with Crippen LogP contribution in [-0.2, 0) is 9.53 Å². The molecule has 19 heavy (non-hydrogen) atoms. The Labute approximate surface area is 116 Å². The van der Waals surface area contributed by atoms with E-state index in [1.165, 1.54) is 5.57 Å². The molecule has 108 valence electrons. The van der Waals surface area contributed by atoms with Gasteiger partial charge in [0.2, 0.25) is 0 Å². The van der Waals surface area contributed by atoms with E-state index < -0.39 is 5.97 Å². The number of carboxylic acid groups (broad SMARTS) is 1. The van der Waals surface area contributed by atoms with E-state index in [9.17, 15) is 4.79 Å². The minimum atomic E-state index is -0.776. The third-order valence-electron chi connectivity index (χ3n) is 4.21. The molecule has 0 saturated carbocycles. The Balaban J connectivity index is 2.65. The zero-order valence-electron chi connectivity index (χ0n) is 12.5. The first-order valence-electron chi connectivity index (χ1n) is 7.00. The number of allylic oxidation sites excluding steroid dienone is 3. The van der Waals surface area contributed by atoms with Gasteiger partial charge in [0.05, 0.1) is 5.60 Å². The normalized spacial score (nSPS) is 22.3. The molecule has 1 aliphatic carbocycles. The summed E-state index contributed by atoms with van der Waals surface area (Å²) in [6.45, 7) is 6.36. The van der Waals surface area contributed by atoms with E-state index in [1.54, 1.807) is 7.11 Å². The van der Waals surface area contributed by atoms with Crippen LogP contribution in [0, 0.1) is 5.92 Å². The van der Waals surface area contributed by atoms with Crippen LogP contribution in [-0.4, -0.2) is 23.8 Å². The van der Waals surface area contributed by atoms with Crippen LogP contribution in [0.15, 0.2) is 23.3 Å². The van der Waals surface area contributed by atoms with Crippen molar-refractivity contribution in [1.82, 2.24) is 0 Å². The van der Waals surface area contributed by atoms with E-state index in [0.29, 0.717) is 17.9 Å². The summed E-state index contributed by atoms with van der Waals surface area (Å²) in [5, 5.41) is 8.98. The van der Waals surface area contributed by atoms with E-state index >= 15 is 0 Å². The second kappa shape index (κ2) is 6.90. The average molecular weight is 266 g/mol. The molecule has 0 aromatic rings. The molecule has 2 unspecified atom stereocenters. The van der Waals surface area contributed by atoms with Gasteiger partial charge in [-0.25, -0.2) is 4.79 Å². The summed E-state index contributed by atoms with van der Waals surface area (Å²) in [5.74, 6) is -0.367. The first-order valence-corrected chi connectivity index (χ1v) is 7.00. The molecule has 1 aliphatic rings. The van der Waals surface area contributed by atoms with Crippen LogP contribution in [0.5, 0.6) is 0 Å². The Hall–Kier alpha value is -1.09. The van der Waals surface area contributed by atoms with Crippen molar-refractivity contribution >= 4 is 5.97 Å². The number of hydrogen-bond donors (Lipinski definition) is 1. The molecule has 0 spiro atoms. The fourth-order valence-corrected chi connectivity index (χ4v) is 2.70. The number of carbonyl (C=O) groups is 1. The molecule has 1 rings (SSSR count). The van der Waals surface area contributed by atoms with Crippen molar-refractivity contribution in [2.45, 2.75) is 58.5 Å². The molecule has 0 radical (unpaired) electrons. The summed E-state index contributed by atoms with van der Waals surface area (Å²) < 4.78 is 5.75. The predicted octanol–water partition coefficient (Wildman–Crippen LogP) is 3.95. The predicted molar refractivity (Wildman–Crippen MR) is 77.1 cm³/mol. The molecule has 0 bridgehead atoms. The van der Waals surface area contributed by atoms with Crippen LogP contribution in [0.2, 0.25) is 0 Å². The SMILES string of the molecule is COC(C)(CCC=C(C)C)C1CC=C(C(=O)O)CC1. The highest BCUT2D eigenvalue weighted by molar-refractivity contribution is 5.86. The summed E-state index contributed by atoms with van der Waals surface area (Å²) >= 11 is 0. The van der Waals surface area contributed by atoms with E-state index in [4.69, 9.17) is 9.84 Å². The van der Waals surface area contributed by atoms with Crippen LogP contribution in [0.3, 0.4) is 0 Å². The standard InChI is InChI=1S/C16H26O3/c1-12(2)6-5-11-16(3,19-4)14-9-7-13(8-10-14)15(17)18/h6-7,14H,5,8-11H2,1-4H3,(H,17,18). The summed E-state index contributed by atoms with van der Waals surface area (Å²) in [7, 11) is 1.76. The summed E-state index contributed by atoms with van der Waals surface area (Å²) in [5.41, 5.74) is 1.72. The molecular formula is C16H26O3. The quantitative estimate of drug-likeness (QED) is 0.740. The van der Waals surface area contributed by atoms with Gasteiger partial charge in [-0.05, 0) is 58.8 Å². The van der Waals surface area contributed by atoms with Crippen molar-refractivity contribution in [1.29, 1.82) is 0 Å². The Kier molecular flexibility index (Phi) is 5.80. The van der Waals surface area contributed by atoms with Crippen molar-refractivity contribution in [2.75, 3.05) is 7.11 Å². The zero-order valence-corrected chi connectivity index (χ0v) is 12.5. The maximum atomic E-state index is 10.9. The highest BCUT2D eigenvalue weighted by atomic mass is 16.5. The average Bonchev–Trinajstić information content (AvgIpc) is 2.38. The number of rotatable bonds is 6. The van der Waals surface area contributed by atoms with Gasteiger partial charge in [0.25, 0.3) is 0 Å². The molecule has 3 nitrogen and oxygen atoms in total. The van der Waals surface area contributed by atoms with Gasteiger partial charge in [0.15, 0.2) is 0 Å². The van der Waals surface area contributed by atoms with Gasteiger partial charge in [-0.3, -0.25) is 0 Å². The highest BCUT2D eigenvalue weighted by Gasteiger charge is 2.35. The number of carboxylic acids is 1. The Morgan fingerprint density at radius 1 is 1.58 bits per heavy atom. The second-order valence-electron chi connectivity index (χ2n) is 5.84. The number of ether oxygens (including phenoxy) is 1. The van der Waals surface area contributed by atoms with E-state index in [-0.39, 0.29) is 5.60 Å². The summed E-state index contributed by atoms with van der Waals surface area (Å²) in [6.07, 6.45) is 8.46. The zero-order chi connectivity index (χ0) is 14.5. The lowest BCUT2D eigenvalue weighted by Crippen LogP contribution is -2.38. The van der Waals surface area contributed by atoms with Crippen LogP contribution >= 0.6 is 0 Å². The second-order valence-corrected chi connectivity index (χ2v) is 5.84. The maximum absolute atomic E-state index is 10.9. The molecule has 0 fully saturated rings. The van der Waals surface area contributed by atoms with Crippen molar-refractivity contribution < 1.29 is 14.6 Å². The fourth-order valence-electron chi connectivity index (χ4n) is 2.70. The minimum absolute atomic E-state index is 0.160. The molecule has 0 amide bonds. The van der Waals surface area contributed by atoms with E-state index in [0.717, 1.165) is 25.7 Å². The van der Waals surface area contributed by atoms with Gasteiger partial charge in [0.1, 0.15) is 0 Å². The minimum Gasteiger partial charge on any atom is -0.478 e. The van der Waals surface area contributed by atoms with E-state index in [1.807, 2.05) is 6.08 Å². The highest BCUT2D eigenvalue weighted by Crippen LogP contribution is 2.37. The van der Waals surface area contributed by atoms with Gasteiger partial charge < -0.3 is 9.84 Å². The van der Waals surface area contributed by atoms with Gasteiger partial charge in [-0.1, -0.05) is 17.7 Å². The van der Waals surface area contributed by atoms with Crippen LogP contribution in [0.1, 0.15) is 52.9 Å². The molecule has 2 atom stereocenters. The van der Waals surface area contributed by atoms with Gasteiger partial charge in [-0.2, -0.15) is 0 Å². The third-order valence-corrected chi connectivity index (χ3v) is 4.21. The Morgan fingerprint density at radius 3 is 2.68 bits per heavy atom. The van der Waals surface area contributed by atoms with Crippen LogP contribution < -0.4 is 0 Å². The van der Waals surface area contributed by atoms with Crippen LogP contribution in [0.4, 0.5) is 0 Å². The molecule has 3 heteroatoms. The number of hydrogen-bond acceptors (Lipinski definition) is 2. The lowest BCUT2D eigenvalue weighted by atomic mass is 9.76. The fraction of sp³-hybridized carbons (Fsp3) is 0.688. The van der Waals surface area contributed by atoms with Crippen LogP contribution in [0.25, 0.3) is 0 Å². The van der Waals surface area contributed by atoms with Crippen molar-refractivity contribution in [3.63, 3.8) is 0 Å².